The van der Waals surface area contributed by atoms with Crippen molar-refractivity contribution in [1.29, 1.82) is 0 Å². The van der Waals surface area contributed by atoms with Crippen molar-refractivity contribution in [3.8, 4) is 5.75 Å². The summed E-state index contributed by atoms with van der Waals surface area (Å²) in [5, 5.41) is 0. The van der Waals surface area contributed by atoms with Gasteiger partial charge in [0.2, 0.25) is 0 Å². The summed E-state index contributed by atoms with van der Waals surface area (Å²) < 4.78 is 99.9. The molecule has 0 unspecified atom stereocenters. The largest absolute Gasteiger partial charge is 0.491 e. The van der Waals surface area contributed by atoms with Gasteiger partial charge >= 0.3 is 10.4 Å². The fourth-order valence-electron chi connectivity index (χ4n) is 6.39. The van der Waals surface area contributed by atoms with Gasteiger partial charge in [-0.25, -0.2) is 4.18 Å². The second-order valence-corrected chi connectivity index (χ2v) is 16.6. The highest BCUT2D eigenvalue weighted by atomic mass is 32.3. The van der Waals surface area contributed by atoms with Crippen LogP contribution in [0, 0.1) is 0 Å². The average molecular weight is 955 g/mol. The van der Waals surface area contributed by atoms with Gasteiger partial charge in [-0.05, 0) is 42.9 Å². The van der Waals surface area contributed by atoms with Crippen molar-refractivity contribution in [2.24, 2.45) is 0 Å². The van der Waals surface area contributed by atoms with Crippen LogP contribution in [0.25, 0.3) is 0 Å². The normalized spacial score (nSPS) is 11.9. The van der Waals surface area contributed by atoms with E-state index in [-0.39, 0.29) is 19.8 Å². The molecule has 16 nitrogen and oxygen atoms in total. The van der Waals surface area contributed by atoms with E-state index in [1.807, 2.05) is 0 Å². The number of hydrogen-bond donors (Lipinski definition) is 1. The molecule has 0 saturated carbocycles. The molecule has 65 heavy (non-hydrogen) atoms. The van der Waals surface area contributed by atoms with Gasteiger partial charge in [0, 0.05) is 0 Å². The van der Waals surface area contributed by atoms with Crippen LogP contribution < -0.4 is 4.74 Å². The van der Waals surface area contributed by atoms with Crippen LogP contribution in [0.15, 0.2) is 18.2 Å². The van der Waals surface area contributed by atoms with Crippen molar-refractivity contribution in [2.45, 2.75) is 117 Å². The maximum atomic E-state index is 10.4. The van der Waals surface area contributed by atoms with E-state index in [1.165, 1.54) is 101 Å². The molecular formula is C48H90O16S. The Labute approximate surface area is 393 Å². The molecule has 0 spiro atoms. The Morgan fingerprint density at radius 3 is 1.00 bits per heavy atom. The van der Waals surface area contributed by atoms with E-state index in [1.54, 1.807) is 0 Å². The van der Waals surface area contributed by atoms with E-state index >= 15 is 0 Å². The zero-order valence-corrected chi connectivity index (χ0v) is 41.3. The smallest absolute Gasteiger partial charge is 0.397 e. The monoisotopic (exact) mass is 955 g/mol. The van der Waals surface area contributed by atoms with E-state index < -0.39 is 10.4 Å². The molecule has 1 rings (SSSR count). The Kier molecular flexibility index (Phi) is 46.2. The minimum atomic E-state index is -4.43. The lowest BCUT2D eigenvalue weighted by molar-refractivity contribution is -0.0279. The van der Waals surface area contributed by atoms with Crippen molar-refractivity contribution in [3.63, 3.8) is 0 Å². The molecule has 0 atom stereocenters. The van der Waals surface area contributed by atoms with Gasteiger partial charge in [-0.2, -0.15) is 8.42 Å². The minimum Gasteiger partial charge on any atom is -0.491 e. The van der Waals surface area contributed by atoms with Gasteiger partial charge in [-0.3, -0.25) is 4.55 Å². The highest BCUT2D eigenvalue weighted by molar-refractivity contribution is 7.80. The van der Waals surface area contributed by atoms with Crippen LogP contribution in [0.5, 0.6) is 5.75 Å². The maximum Gasteiger partial charge on any atom is 0.397 e. The predicted octanol–water partition coefficient (Wildman–Crippen LogP) is 7.65. The van der Waals surface area contributed by atoms with Crippen molar-refractivity contribution >= 4 is 10.4 Å². The summed E-state index contributed by atoms with van der Waals surface area (Å²) in [5.41, 5.74) is 2.79. The number of aryl methyl sites for hydroxylation is 2. The molecule has 0 amide bonds. The van der Waals surface area contributed by atoms with Crippen LogP contribution >= 0.6 is 0 Å². The molecule has 0 bridgehead atoms. The summed E-state index contributed by atoms with van der Waals surface area (Å²) >= 11 is 0. The average Bonchev–Trinajstić information content (AvgIpc) is 3.29. The third-order valence-corrected chi connectivity index (χ3v) is 10.4. The summed E-state index contributed by atoms with van der Waals surface area (Å²) in [5.74, 6) is 1.01. The molecule has 0 aromatic heterocycles. The van der Waals surface area contributed by atoms with Gasteiger partial charge in [-0.1, -0.05) is 103 Å². The second kappa shape index (κ2) is 48.9. The van der Waals surface area contributed by atoms with Crippen LogP contribution in [0.3, 0.4) is 0 Å². The zero-order chi connectivity index (χ0) is 46.8. The molecule has 1 aromatic rings. The zero-order valence-electron chi connectivity index (χ0n) is 40.5. The molecule has 384 valence electrons. The number of rotatable bonds is 54. The highest BCUT2D eigenvalue weighted by Gasteiger charge is 2.08. The lowest BCUT2D eigenvalue weighted by atomic mass is 9.99. The third kappa shape index (κ3) is 46.0. The van der Waals surface area contributed by atoms with Crippen LogP contribution in [0.2, 0.25) is 0 Å². The van der Waals surface area contributed by atoms with Crippen molar-refractivity contribution < 1.29 is 74.0 Å². The Balaban J connectivity index is 1.87. The summed E-state index contributed by atoms with van der Waals surface area (Å²) in [4.78, 5) is 0. The standard InChI is InChI=1S/C48H90O16S/c1-3-5-7-9-11-13-15-17-46-19-20-48(47(45-46)18-16-14-12-10-8-6-4-2)63-43-41-61-39-37-59-35-33-57-31-29-55-27-25-53-23-21-52-22-24-54-26-28-56-30-32-58-34-36-60-38-40-62-42-44-64-65(49,50)51/h19-20,45H,3-18,21-44H2,1-2H3,(H,49,50,51). The first-order valence-corrected chi connectivity index (χ1v) is 26.0. The lowest BCUT2D eigenvalue weighted by Gasteiger charge is -2.14. The van der Waals surface area contributed by atoms with Crippen molar-refractivity contribution in [3.05, 3.63) is 29.3 Å². The molecule has 0 aliphatic rings. The van der Waals surface area contributed by atoms with E-state index in [0.717, 1.165) is 18.6 Å². The maximum absolute atomic E-state index is 10.4. The summed E-state index contributed by atoms with van der Waals surface area (Å²) in [7, 11) is -4.43. The molecule has 17 heteroatoms. The summed E-state index contributed by atoms with van der Waals surface area (Å²) in [6.45, 7) is 14.6. The molecule has 0 radical (unpaired) electrons. The molecular weight excluding hydrogens is 865 g/mol. The van der Waals surface area contributed by atoms with Gasteiger partial charge < -0.3 is 56.8 Å². The van der Waals surface area contributed by atoms with Crippen LogP contribution in [-0.2, 0) is 79.5 Å². The topological polar surface area (TPSA) is 174 Å². The van der Waals surface area contributed by atoms with Gasteiger partial charge in [0.1, 0.15) is 12.4 Å². The predicted molar refractivity (Wildman–Crippen MR) is 252 cm³/mol. The fourth-order valence-corrected chi connectivity index (χ4v) is 6.67. The van der Waals surface area contributed by atoms with E-state index in [2.05, 4.69) is 36.2 Å². The SMILES string of the molecule is CCCCCCCCCc1ccc(OCCOCCOCCOCCOCCOCCOCCOCCOCCOCCOCCOCCOS(=O)(=O)O)c(CCCCCCCCC)c1. The molecule has 0 heterocycles. The highest BCUT2D eigenvalue weighted by Crippen LogP contribution is 2.24. The van der Waals surface area contributed by atoms with E-state index in [9.17, 15) is 8.42 Å². The van der Waals surface area contributed by atoms with Gasteiger partial charge in [-0.15, -0.1) is 0 Å². The van der Waals surface area contributed by atoms with Crippen LogP contribution in [0.4, 0.5) is 0 Å². The van der Waals surface area contributed by atoms with Crippen LogP contribution in [-0.4, -0.2) is 172 Å². The Bertz CT molecular complexity index is 1230. The van der Waals surface area contributed by atoms with Crippen molar-refractivity contribution in [2.75, 3.05) is 159 Å². The number of ether oxygens (including phenoxy) is 12. The van der Waals surface area contributed by atoms with Crippen molar-refractivity contribution in [1.82, 2.24) is 0 Å². The van der Waals surface area contributed by atoms with E-state index in [0.29, 0.717) is 139 Å². The number of hydrogen-bond acceptors (Lipinski definition) is 15. The first kappa shape index (κ1) is 61.5. The van der Waals surface area contributed by atoms with E-state index in [4.69, 9.17) is 61.4 Å². The Morgan fingerprint density at radius 1 is 0.369 bits per heavy atom. The molecule has 0 saturated heterocycles. The molecule has 1 aromatic carbocycles. The Hall–Kier alpha value is -1.55. The van der Waals surface area contributed by atoms with Gasteiger partial charge in [0.15, 0.2) is 0 Å². The minimum absolute atomic E-state index is 0.0298. The molecule has 1 N–H and O–H groups in total. The second-order valence-electron chi connectivity index (χ2n) is 15.5. The van der Waals surface area contributed by atoms with Crippen LogP contribution in [0.1, 0.15) is 115 Å². The molecule has 0 aliphatic heterocycles. The molecule has 0 aliphatic carbocycles. The van der Waals surface area contributed by atoms with Gasteiger partial charge in [0.05, 0.1) is 152 Å². The number of unbranched alkanes of at least 4 members (excludes halogenated alkanes) is 12. The summed E-state index contributed by atoms with van der Waals surface area (Å²) in [6, 6.07) is 6.84. The first-order chi connectivity index (χ1) is 32.0. The third-order valence-electron chi connectivity index (χ3n) is 9.91. The number of benzene rings is 1. The quantitative estimate of drug-likeness (QED) is 0.0498. The van der Waals surface area contributed by atoms with Gasteiger partial charge in [0.25, 0.3) is 0 Å². The fraction of sp³-hybridized carbons (Fsp3) is 0.875. The summed E-state index contributed by atoms with van der Waals surface area (Å²) in [6.07, 6.45) is 20.8. The lowest BCUT2D eigenvalue weighted by Crippen LogP contribution is -2.16. The Morgan fingerprint density at radius 2 is 0.662 bits per heavy atom. The molecule has 0 fully saturated rings. The first-order valence-electron chi connectivity index (χ1n) is 24.7.